The molecule has 0 aliphatic carbocycles. The van der Waals surface area contributed by atoms with Gasteiger partial charge in [-0.25, -0.2) is 4.39 Å². The van der Waals surface area contributed by atoms with Crippen LogP contribution < -0.4 is 10.1 Å². The number of rotatable bonds is 4. The third-order valence-corrected chi connectivity index (χ3v) is 4.07. The lowest BCUT2D eigenvalue weighted by atomic mass is 9.90. The minimum atomic E-state index is -0.403. The SMILES string of the molecule is Cc1cccc(O[C@@H](c2ccc(Cl)c(F)c2)C2CNC2)c1. The van der Waals surface area contributed by atoms with E-state index in [9.17, 15) is 4.39 Å². The molecule has 4 heteroatoms. The van der Waals surface area contributed by atoms with Crippen LogP contribution in [0.2, 0.25) is 5.02 Å². The van der Waals surface area contributed by atoms with Gasteiger partial charge in [0, 0.05) is 19.0 Å². The van der Waals surface area contributed by atoms with Crippen molar-refractivity contribution in [1.29, 1.82) is 0 Å². The third kappa shape index (κ3) is 3.20. The molecule has 2 aromatic carbocycles. The van der Waals surface area contributed by atoms with Crippen LogP contribution in [0.25, 0.3) is 0 Å². The molecule has 0 aromatic heterocycles. The van der Waals surface area contributed by atoms with Crippen molar-refractivity contribution in [3.63, 3.8) is 0 Å². The van der Waals surface area contributed by atoms with Gasteiger partial charge in [-0.3, -0.25) is 0 Å². The number of hydrogen-bond donors (Lipinski definition) is 1. The molecule has 110 valence electrons. The van der Waals surface area contributed by atoms with Crippen LogP contribution in [-0.4, -0.2) is 13.1 Å². The largest absolute Gasteiger partial charge is 0.485 e. The monoisotopic (exact) mass is 305 g/mol. The van der Waals surface area contributed by atoms with Gasteiger partial charge in [-0.2, -0.15) is 0 Å². The smallest absolute Gasteiger partial charge is 0.142 e. The Kier molecular flexibility index (Phi) is 4.13. The summed E-state index contributed by atoms with van der Waals surface area (Å²) in [5.41, 5.74) is 1.96. The molecule has 1 saturated heterocycles. The van der Waals surface area contributed by atoms with E-state index in [4.69, 9.17) is 16.3 Å². The summed E-state index contributed by atoms with van der Waals surface area (Å²) in [5.74, 6) is 0.743. The van der Waals surface area contributed by atoms with E-state index in [1.54, 1.807) is 6.07 Å². The van der Waals surface area contributed by atoms with Crippen molar-refractivity contribution in [1.82, 2.24) is 5.32 Å². The quantitative estimate of drug-likeness (QED) is 0.917. The number of aryl methyl sites for hydroxylation is 1. The molecule has 0 spiro atoms. The fourth-order valence-corrected chi connectivity index (χ4v) is 2.60. The van der Waals surface area contributed by atoms with Crippen molar-refractivity contribution in [2.45, 2.75) is 13.0 Å². The summed E-state index contributed by atoms with van der Waals surface area (Å²) < 4.78 is 19.9. The highest BCUT2D eigenvalue weighted by Gasteiger charge is 2.30. The summed E-state index contributed by atoms with van der Waals surface area (Å²) in [6, 6.07) is 12.8. The summed E-state index contributed by atoms with van der Waals surface area (Å²) >= 11 is 5.77. The first-order valence-electron chi connectivity index (χ1n) is 7.02. The summed E-state index contributed by atoms with van der Waals surface area (Å²) in [5, 5.41) is 3.37. The Morgan fingerprint density at radius 3 is 2.67 bits per heavy atom. The second-order valence-corrected chi connectivity index (χ2v) is 5.85. The van der Waals surface area contributed by atoms with Crippen LogP contribution in [-0.2, 0) is 0 Å². The highest BCUT2D eigenvalue weighted by molar-refractivity contribution is 6.30. The highest BCUT2D eigenvalue weighted by atomic mass is 35.5. The number of benzene rings is 2. The van der Waals surface area contributed by atoms with Gasteiger partial charge in [-0.05, 0) is 42.3 Å². The van der Waals surface area contributed by atoms with Crippen LogP contribution >= 0.6 is 11.6 Å². The van der Waals surface area contributed by atoms with Gasteiger partial charge in [0.15, 0.2) is 0 Å². The van der Waals surface area contributed by atoms with Crippen LogP contribution in [0.1, 0.15) is 17.2 Å². The zero-order valence-corrected chi connectivity index (χ0v) is 12.5. The van der Waals surface area contributed by atoms with Gasteiger partial charge in [0.1, 0.15) is 17.7 Å². The molecule has 0 radical (unpaired) electrons. The van der Waals surface area contributed by atoms with Gasteiger partial charge < -0.3 is 10.1 Å². The first kappa shape index (κ1) is 14.4. The average molecular weight is 306 g/mol. The third-order valence-electron chi connectivity index (χ3n) is 3.77. The zero-order valence-electron chi connectivity index (χ0n) is 11.8. The molecule has 3 rings (SSSR count). The van der Waals surface area contributed by atoms with Crippen LogP contribution in [0.3, 0.4) is 0 Å². The Bertz CT molecular complexity index is 642. The van der Waals surface area contributed by atoms with Crippen molar-refractivity contribution >= 4 is 11.6 Å². The summed E-state index contributed by atoms with van der Waals surface area (Å²) in [6.45, 7) is 3.77. The van der Waals surface area contributed by atoms with Gasteiger partial charge in [-0.15, -0.1) is 0 Å². The molecule has 1 atom stereocenters. The molecule has 1 fully saturated rings. The molecule has 2 aromatic rings. The van der Waals surface area contributed by atoms with E-state index in [-0.39, 0.29) is 11.1 Å². The van der Waals surface area contributed by atoms with Crippen molar-refractivity contribution in [2.75, 3.05) is 13.1 Å². The molecule has 1 heterocycles. The molecule has 21 heavy (non-hydrogen) atoms. The van der Waals surface area contributed by atoms with Crippen molar-refractivity contribution in [3.8, 4) is 5.75 Å². The molecule has 0 unspecified atom stereocenters. The van der Waals surface area contributed by atoms with Crippen LogP contribution in [0, 0.1) is 18.7 Å². The Morgan fingerprint density at radius 1 is 1.24 bits per heavy atom. The summed E-state index contributed by atoms with van der Waals surface area (Å²) in [4.78, 5) is 0. The second kappa shape index (κ2) is 6.04. The van der Waals surface area contributed by atoms with Gasteiger partial charge >= 0.3 is 0 Å². The molecule has 0 bridgehead atoms. The predicted molar refractivity (Wildman–Crippen MR) is 82.3 cm³/mol. The zero-order chi connectivity index (χ0) is 14.8. The van der Waals surface area contributed by atoms with Gasteiger partial charge in [0.25, 0.3) is 0 Å². The first-order chi connectivity index (χ1) is 10.1. The number of nitrogens with one attached hydrogen (secondary N) is 1. The van der Waals surface area contributed by atoms with Gasteiger partial charge in [0.2, 0.25) is 0 Å². The Labute approximate surface area is 128 Å². The minimum absolute atomic E-state index is 0.139. The Balaban J connectivity index is 1.88. The van der Waals surface area contributed by atoms with E-state index in [1.165, 1.54) is 6.07 Å². The molecule has 0 saturated carbocycles. The van der Waals surface area contributed by atoms with E-state index in [0.717, 1.165) is 30.0 Å². The van der Waals surface area contributed by atoms with Gasteiger partial charge in [0.05, 0.1) is 5.02 Å². The topological polar surface area (TPSA) is 21.3 Å². The molecule has 0 amide bonds. The lowest BCUT2D eigenvalue weighted by molar-refractivity contribution is 0.0990. The maximum Gasteiger partial charge on any atom is 0.142 e. The fourth-order valence-electron chi connectivity index (χ4n) is 2.49. The van der Waals surface area contributed by atoms with Gasteiger partial charge in [-0.1, -0.05) is 29.8 Å². The van der Waals surface area contributed by atoms with E-state index in [2.05, 4.69) is 5.32 Å². The molecule has 2 nitrogen and oxygen atoms in total. The van der Waals surface area contributed by atoms with E-state index in [0.29, 0.717) is 5.92 Å². The van der Waals surface area contributed by atoms with Crippen LogP contribution in [0.15, 0.2) is 42.5 Å². The van der Waals surface area contributed by atoms with Crippen molar-refractivity contribution < 1.29 is 9.13 Å². The van der Waals surface area contributed by atoms with E-state index < -0.39 is 5.82 Å². The van der Waals surface area contributed by atoms with Crippen molar-refractivity contribution in [2.24, 2.45) is 5.92 Å². The maximum atomic E-state index is 13.7. The first-order valence-corrected chi connectivity index (χ1v) is 7.40. The molecular weight excluding hydrogens is 289 g/mol. The Morgan fingerprint density at radius 2 is 2.05 bits per heavy atom. The molecule has 1 aliphatic rings. The molecule has 1 N–H and O–H groups in total. The van der Waals surface area contributed by atoms with Crippen LogP contribution in [0.5, 0.6) is 5.75 Å². The van der Waals surface area contributed by atoms with Crippen LogP contribution in [0.4, 0.5) is 4.39 Å². The average Bonchev–Trinajstić information content (AvgIpc) is 2.39. The Hall–Kier alpha value is -1.58. The molecule has 1 aliphatic heterocycles. The van der Waals surface area contributed by atoms with Crippen molar-refractivity contribution in [3.05, 3.63) is 64.4 Å². The summed E-state index contributed by atoms with van der Waals surface area (Å²) in [7, 11) is 0. The summed E-state index contributed by atoms with van der Waals surface area (Å²) in [6.07, 6.45) is -0.167. The number of hydrogen-bond acceptors (Lipinski definition) is 2. The standard InChI is InChI=1S/C17H17ClFNO/c1-11-3-2-4-14(7-11)21-17(13-9-20-10-13)12-5-6-15(18)16(19)8-12/h2-8,13,17,20H,9-10H2,1H3/t17-/m0/s1. The number of halogens is 2. The molecular formula is C17H17ClFNO. The second-order valence-electron chi connectivity index (χ2n) is 5.45. The highest BCUT2D eigenvalue weighted by Crippen LogP contribution is 2.32. The lowest BCUT2D eigenvalue weighted by Crippen LogP contribution is -2.46. The maximum absolute atomic E-state index is 13.7. The lowest BCUT2D eigenvalue weighted by Gasteiger charge is -2.35. The number of ether oxygens (including phenoxy) is 1. The fraction of sp³-hybridized carbons (Fsp3) is 0.294. The normalized spacial score (nSPS) is 16.3. The van der Waals surface area contributed by atoms with E-state index in [1.807, 2.05) is 37.3 Å². The predicted octanol–water partition coefficient (Wildman–Crippen LogP) is 4.13. The minimum Gasteiger partial charge on any atom is -0.485 e. The van der Waals surface area contributed by atoms with E-state index >= 15 is 0 Å².